The molecular formula is C24H36F2O2. The third-order valence-corrected chi connectivity index (χ3v) is 6.49. The van der Waals surface area contributed by atoms with Crippen molar-refractivity contribution in [2.45, 2.75) is 97.0 Å². The van der Waals surface area contributed by atoms with E-state index in [9.17, 15) is 8.78 Å². The van der Waals surface area contributed by atoms with E-state index in [-0.39, 0.29) is 17.6 Å². The highest BCUT2D eigenvalue weighted by molar-refractivity contribution is 5.44. The van der Waals surface area contributed by atoms with Crippen LogP contribution in [0.2, 0.25) is 0 Å². The van der Waals surface area contributed by atoms with Crippen LogP contribution in [0, 0.1) is 23.5 Å². The van der Waals surface area contributed by atoms with Crippen molar-refractivity contribution in [3.05, 3.63) is 23.3 Å². The van der Waals surface area contributed by atoms with Gasteiger partial charge in [0.25, 0.3) is 0 Å². The summed E-state index contributed by atoms with van der Waals surface area (Å²) < 4.78 is 40.7. The van der Waals surface area contributed by atoms with E-state index in [1.807, 2.05) is 0 Å². The first kappa shape index (κ1) is 21.4. The number of halogens is 2. The van der Waals surface area contributed by atoms with E-state index in [1.165, 1.54) is 25.7 Å². The van der Waals surface area contributed by atoms with Gasteiger partial charge in [0.05, 0.1) is 12.7 Å². The molecule has 1 aromatic rings. The van der Waals surface area contributed by atoms with Gasteiger partial charge in [0.15, 0.2) is 11.5 Å². The molecule has 4 heteroatoms. The Morgan fingerprint density at radius 1 is 0.929 bits per heavy atom. The number of fused-ring (bicyclic) bond motifs is 1. The van der Waals surface area contributed by atoms with E-state index >= 15 is 0 Å². The third kappa shape index (κ3) is 5.39. The van der Waals surface area contributed by atoms with Gasteiger partial charge in [-0.3, -0.25) is 0 Å². The molecule has 1 unspecified atom stereocenters. The average Bonchev–Trinajstić information content (AvgIpc) is 2.71. The smallest absolute Gasteiger partial charge is 0.204 e. The molecule has 1 heterocycles. The van der Waals surface area contributed by atoms with Gasteiger partial charge in [-0.05, 0) is 56.4 Å². The van der Waals surface area contributed by atoms with Gasteiger partial charge in [0.1, 0.15) is 0 Å². The Bertz CT molecular complexity index is 624. The van der Waals surface area contributed by atoms with Crippen LogP contribution in [0.5, 0.6) is 11.5 Å². The number of hydrogen-bond donors (Lipinski definition) is 0. The van der Waals surface area contributed by atoms with Crippen molar-refractivity contribution in [3.63, 3.8) is 0 Å². The van der Waals surface area contributed by atoms with Crippen LogP contribution < -0.4 is 9.47 Å². The molecule has 2 aliphatic rings. The molecule has 0 aromatic heterocycles. The molecule has 1 fully saturated rings. The number of unbranched alkanes of at least 4 members (excludes halogenated alkanes) is 2. The zero-order valence-corrected chi connectivity index (χ0v) is 17.6. The standard InChI is InChI=1S/C24H36F2O2/c1-3-5-6-8-20-14-13-19-15-21(22(25)23(26)24(19)28-20)27-16-18-11-9-17(7-4-2)10-12-18/h15,17-18,20H,3-14,16H2,1-2H3. The second-order valence-corrected chi connectivity index (χ2v) is 8.75. The first-order chi connectivity index (χ1) is 13.6. The lowest BCUT2D eigenvalue weighted by Gasteiger charge is -2.29. The fraction of sp³-hybridized carbons (Fsp3) is 0.750. The minimum Gasteiger partial charge on any atom is -0.490 e. The predicted octanol–water partition coefficient (Wildman–Crippen LogP) is 7.22. The largest absolute Gasteiger partial charge is 0.490 e. The zero-order chi connectivity index (χ0) is 19.9. The quantitative estimate of drug-likeness (QED) is 0.412. The van der Waals surface area contributed by atoms with Crippen LogP contribution in [-0.4, -0.2) is 12.7 Å². The normalized spacial score (nSPS) is 24.5. The van der Waals surface area contributed by atoms with Crippen molar-refractivity contribution in [1.82, 2.24) is 0 Å². The van der Waals surface area contributed by atoms with E-state index in [1.54, 1.807) is 6.07 Å². The highest BCUT2D eigenvalue weighted by atomic mass is 19.2. The summed E-state index contributed by atoms with van der Waals surface area (Å²) in [5.74, 6) is -0.322. The van der Waals surface area contributed by atoms with Crippen molar-refractivity contribution in [2.75, 3.05) is 6.61 Å². The number of ether oxygens (including phenoxy) is 2. The van der Waals surface area contributed by atoms with Crippen LogP contribution in [0.4, 0.5) is 8.78 Å². The SMILES string of the molecule is CCCCCC1CCc2cc(OCC3CCC(CCC)CC3)c(F)c(F)c2O1. The average molecular weight is 395 g/mol. The van der Waals surface area contributed by atoms with E-state index in [4.69, 9.17) is 9.47 Å². The molecule has 1 saturated carbocycles. The van der Waals surface area contributed by atoms with Gasteiger partial charge in [-0.2, -0.15) is 8.78 Å². The summed E-state index contributed by atoms with van der Waals surface area (Å²) in [5, 5.41) is 0. The van der Waals surface area contributed by atoms with Crippen LogP contribution in [0.1, 0.15) is 90.0 Å². The Morgan fingerprint density at radius 3 is 2.39 bits per heavy atom. The molecule has 0 radical (unpaired) electrons. The summed E-state index contributed by atoms with van der Waals surface area (Å²) in [7, 11) is 0. The summed E-state index contributed by atoms with van der Waals surface area (Å²) in [6.45, 7) is 4.87. The molecule has 158 valence electrons. The maximum absolute atomic E-state index is 14.6. The second-order valence-electron chi connectivity index (χ2n) is 8.75. The topological polar surface area (TPSA) is 18.5 Å². The lowest BCUT2D eigenvalue weighted by molar-refractivity contribution is 0.147. The maximum atomic E-state index is 14.6. The maximum Gasteiger partial charge on any atom is 0.204 e. The minimum atomic E-state index is -0.896. The van der Waals surface area contributed by atoms with Crippen molar-refractivity contribution < 1.29 is 18.3 Å². The van der Waals surface area contributed by atoms with E-state index in [0.717, 1.165) is 62.8 Å². The Morgan fingerprint density at radius 2 is 1.68 bits per heavy atom. The van der Waals surface area contributed by atoms with E-state index < -0.39 is 11.6 Å². The van der Waals surface area contributed by atoms with Gasteiger partial charge in [0.2, 0.25) is 11.6 Å². The first-order valence-electron chi connectivity index (χ1n) is 11.4. The van der Waals surface area contributed by atoms with Crippen LogP contribution in [0.15, 0.2) is 6.07 Å². The van der Waals surface area contributed by atoms with Gasteiger partial charge < -0.3 is 9.47 Å². The molecule has 0 amide bonds. The molecule has 2 nitrogen and oxygen atoms in total. The van der Waals surface area contributed by atoms with Crippen LogP contribution >= 0.6 is 0 Å². The van der Waals surface area contributed by atoms with Crippen molar-refractivity contribution >= 4 is 0 Å². The van der Waals surface area contributed by atoms with Crippen molar-refractivity contribution in [3.8, 4) is 11.5 Å². The van der Waals surface area contributed by atoms with Crippen LogP contribution in [0.25, 0.3) is 0 Å². The molecule has 0 saturated heterocycles. The lowest BCUT2D eigenvalue weighted by Crippen LogP contribution is -2.24. The Labute approximate surface area is 169 Å². The number of hydrogen-bond acceptors (Lipinski definition) is 2. The van der Waals surface area contributed by atoms with Gasteiger partial charge in [-0.25, -0.2) is 0 Å². The Hall–Kier alpha value is -1.32. The molecule has 0 N–H and O–H groups in total. The lowest BCUT2D eigenvalue weighted by atomic mass is 9.80. The first-order valence-corrected chi connectivity index (χ1v) is 11.4. The molecule has 0 bridgehead atoms. The zero-order valence-electron chi connectivity index (χ0n) is 17.6. The van der Waals surface area contributed by atoms with Crippen LogP contribution in [0.3, 0.4) is 0 Å². The highest BCUT2D eigenvalue weighted by Gasteiger charge is 2.28. The number of aryl methyl sites for hydroxylation is 1. The molecule has 1 aliphatic heterocycles. The van der Waals surface area contributed by atoms with Gasteiger partial charge >= 0.3 is 0 Å². The van der Waals surface area contributed by atoms with Gasteiger partial charge in [-0.15, -0.1) is 0 Å². The second kappa shape index (κ2) is 10.5. The predicted molar refractivity (Wildman–Crippen MR) is 109 cm³/mol. The summed E-state index contributed by atoms with van der Waals surface area (Å²) >= 11 is 0. The van der Waals surface area contributed by atoms with Crippen molar-refractivity contribution in [2.24, 2.45) is 11.8 Å². The fourth-order valence-electron chi connectivity index (χ4n) is 4.72. The van der Waals surface area contributed by atoms with E-state index in [0.29, 0.717) is 12.5 Å². The summed E-state index contributed by atoms with van der Waals surface area (Å²) in [5.41, 5.74) is 0.743. The van der Waals surface area contributed by atoms with Gasteiger partial charge in [-0.1, -0.05) is 52.4 Å². The summed E-state index contributed by atoms with van der Waals surface area (Å²) in [6, 6.07) is 1.67. The molecule has 3 rings (SSSR count). The third-order valence-electron chi connectivity index (χ3n) is 6.49. The molecule has 1 aromatic carbocycles. The minimum absolute atomic E-state index is 0.00183. The highest BCUT2D eigenvalue weighted by Crippen LogP contribution is 2.38. The monoisotopic (exact) mass is 394 g/mol. The Balaban J connectivity index is 1.56. The summed E-state index contributed by atoms with van der Waals surface area (Å²) in [4.78, 5) is 0. The van der Waals surface area contributed by atoms with Gasteiger partial charge in [0, 0.05) is 5.56 Å². The van der Waals surface area contributed by atoms with E-state index in [2.05, 4.69) is 13.8 Å². The number of rotatable bonds is 9. The molecule has 1 aliphatic carbocycles. The molecular weight excluding hydrogens is 358 g/mol. The van der Waals surface area contributed by atoms with Crippen molar-refractivity contribution in [1.29, 1.82) is 0 Å². The molecule has 0 spiro atoms. The number of benzene rings is 1. The fourth-order valence-corrected chi connectivity index (χ4v) is 4.72. The van der Waals surface area contributed by atoms with Crippen LogP contribution in [-0.2, 0) is 6.42 Å². The Kier molecular flexibility index (Phi) is 7.99. The summed E-state index contributed by atoms with van der Waals surface area (Å²) in [6.07, 6.45) is 13.1. The molecule has 28 heavy (non-hydrogen) atoms. The molecule has 1 atom stereocenters.